The van der Waals surface area contributed by atoms with Gasteiger partial charge in [0.2, 0.25) is 0 Å². The summed E-state index contributed by atoms with van der Waals surface area (Å²) >= 11 is 0. The quantitative estimate of drug-likeness (QED) is 0.183. The van der Waals surface area contributed by atoms with Crippen molar-refractivity contribution in [2.45, 2.75) is 105 Å². The number of rotatable bonds is 6. The third-order valence-electron chi connectivity index (χ3n) is 9.21. The van der Waals surface area contributed by atoms with Crippen molar-refractivity contribution in [2.24, 2.45) is 0 Å². The van der Waals surface area contributed by atoms with E-state index in [1.807, 2.05) is 0 Å². The number of hydrogen-bond donors (Lipinski definition) is 0. The van der Waals surface area contributed by atoms with E-state index in [1.165, 1.54) is 33.6 Å². The average molecular weight is 637 g/mol. The molecule has 48 heavy (non-hydrogen) atoms. The highest BCUT2D eigenvalue weighted by atomic mass is 15.2. The van der Waals surface area contributed by atoms with Gasteiger partial charge in [-0.2, -0.15) is 0 Å². The molecule has 0 aromatic heterocycles. The Morgan fingerprint density at radius 1 is 0.271 bits per heavy atom. The highest BCUT2D eigenvalue weighted by Gasteiger charge is 2.27. The molecule has 0 aliphatic heterocycles. The van der Waals surface area contributed by atoms with Gasteiger partial charge in [0.1, 0.15) is 0 Å². The Morgan fingerprint density at radius 2 is 0.500 bits per heavy atom. The first kappa shape index (κ1) is 35.0. The predicted molar refractivity (Wildman–Crippen MR) is 211 cm³/mol. The Labute approximate surface area is 291 Å². The van der Waals surface area contributed by atoms with Crippen molar-refractivity contribution >= 4 is 34.1 Å². The fourth-order valence-electron chi connectivity index (χ4n) is 6.01. The van der Waals surface area contributed by atoms with Crippen LogP contribution in [0.15, 0.2) is 121 Å². The number of benzene rings is 5. The van der Waals surface area contributed by atoms with Crippen molar-refractivity contribution in [3.05, 3.63) is 144 Å². The molecule has 2 nitrogen and oxygen atoms in total. The molecule has 0 heterocycles. The molecule has 250 valence electrons. The van der Waals surface area contributed by atoms with E-state index in [1.54, 1.807) is 0 Å². The zero-order valence-corrected chi connectivity index (χ0v) is 31.4. The summed E-state index contributed by atoms with van der Waals surface area (Å²) in [5, 5.41) is 0. The second kappa shape index (κ2) is 13.0. The summed E-state index contributed by atoms with van der Waals surface area (Å²) < 4.78 is 0. The normalized spacial score (nSPS) is 12.6. The van der Waals surface area contributed by atoms with Gasteiger partial charge >= 0.3 is 0 Å². The summed E-state index contributed by atoms with van der Waals surface area (Å²) in [5.74, 6) is 0. The fourth-order valence-corrected chi connectivity index (χ4v) is 6.01. The molecule has 0 radical (unpaired) electrons. The molecule has 2 heteroatoms. The summed E-state index contributed by atoms with van der Waals surface area (Å²) in [6, 6.07) is 44.8. The largest absolute Gasteiger partial charge is 0.311 e. The van der Waals surface area contributed by atoms with Crippen molar-refractivity contribution < 1.29 is 0 Å². The maximum absolute atomic E-state index is 2.48. The highest BCUT2D eigenvalue weighted by Crippen LogP contribution is 2.44. The number of anilines is 6. The Morgan fingerprint density at radius 3 is 0.750 bits per heavy atom. The van der Waals surface area contributed by atoms with Crippen LogP contribution in [-0.4, -0.2) is 0 Å². The molecule has 0 saturated carbocycles. The lowest BCUT2D eigenvalue weighted by atomic mass is 9.79. The summed E-state index contributed by atoms with van der Waals surface area (Å²) in [5.41, 5.74) is 12.3. The van der Waals surface area contributed by atoms with Gasteiger partial charge in [-0.1, -0.05) is 132 Å². The first-order chi connectivity index (χ1) is 22.3. The minimum atomic E-state index is 0.00122. The lowest BCUT2D eigenvalue weighted by Gasteiger charge is -2.34. The SMILES string of the molecule is CC(C)(C)c1cc(N(c2ccc(N(c3ccccc3)c3ccccc3)cc2)c2cc(C(C)(C)C)cc(C(C)(C)C)c2)cc(C(C)(C)C)c1. The van der Waals surface area contributed by atoms with Crippen molar-refractivity contribution in [1.29, 1.82) is 0 Å². The maximum atomic E-state index is 2.48. The molecule has 0 bridgehead atoms. The number of nitrogens with zero attached hydrogens (tertiary/aromatic N) is 2. The molecule has 0 unspecified atom stereocenters. The van der Waals surface area contributed by atoms with Gasteiger partial charge in [-0.05, 0) is 117 Å². The van der Waals surface area contributed by atoms with Gasteiger partial charge in [-0.15, -0.1) is 0 Å². The summed E-state index contributed by atoms with van der Waals surface area (Å²) in [7, 11) is 0. The Kier molecular flexibility index (Phi) is 9.45. The van der Waals surface area contributed by atoms with E-state index < -0.39 is 0 Å². The van der Waals surface area contributed by atoms with Crippen LogP contribution in [0.4, 0.5) is 34.1 Å². The van der Waals surface area contributed by atoms with Crippen LogP contribution in [0.3, 0.4) is 0 Å². The van der Waals surface area contributed by atoms with Crippen LogP contribution < -0.4 is 9.80 Å². The molecule has 0 spiro atoms. The van der Waals surface area contributed by atoms with Crippen LogP contribution in [0.2, 0.25) is 0 Å². The molecular weight excluding hydrogens is 581 g/mol. The van der Waals surface area contributed by atoms with E-state index >= 15 is 0 Å². The van der Waals surface area contributed by atoms with E-state index in [9.17, 15) is 0 Å². The second-order valence-corrected chi connectivity index (χ2v) is 17.4. The van der Waals surface area contributed by atoms with Crippen LogP contribution in [0.1, 0.15) is 105 Å². The van der Waals surface area contributed by atoms with Crippen LogP contribution in [0, 0.1) is 0 Å². The molecule has 0 fully saturated rings. The van der Waals surface area contributed by atoms with Crippen LogP contribution in [-0.2, 0) is 21.7 Å². The maximum Gasteiger partial charge on any atom is 0.0467 e. The topological polar surface area (TPSA) is 6.48 Å². The molecule has 5 aromatic carbocycles. The molecule has 0 aliphatic carbocycles. The third kappa shape index (κ3) is 7.87. The fraction of sp³-hybridized carbons (Fsp3) is 0.348. The van der Waals surface area contributed by atoms with Gasteiger partial charge in [0.05, 0.1) is 0 Å². The Bertz CT molecular complexity index is 1640. The minimum absolute atomic E-state index is 0.00122. The molecular formula is C46H56N2. The van der Waals surface area contributed by atoms with Crippen molar-refractivity contribution in [2.75, 3.05) is 9.80 Å². The summed E-state index contributed by atoms with van der Waals surface area (Å²) in [4.78, 5) is 4.80. The summed E-state index contributed by atoms with van der Waals surface area (Å²) in [6.45, 7) is 27.8. The molecule has 0 saturated heterocycles. The summed E-state index contributed by atoms with van der Waals surface area (Å²) in [6.07, 6.45) is 0. The zero-order valence-electron chi connectivity index (χ0n) is 31.4. The van der Waals surface area contributed by atoms with Crippen LogP contribution >= 0.6 is 0 Å². The van der Waals surface area contributed by atoms with Gasteiger partial charge in [-0.3, -0.25) is 0 Å². The average Bonchev–Trinajstić information content (AvgIpc) is 3.01. The van der Waals surface area contributed by atoms with Gasteiger partial charge in [-0.25, -0.2) is 0 Å². The first-order valence-corrected chi connectivity index (χ1v) is 17.4. The Hall–Kier alpha value is -4.30. The molecule has 0 atom stereocenters. The van der Waals surface area contributed by atoms with Gasteiger partial charge < -0.3 is 9.80 Å². The van der Waals surface area contributed by atoms with Gasteiger partial charge in [0.25, 0.3) is 0 Å². The number of para-hydroxylation sites is 2. The van der Waals surface area contributed by atoms with Crippen LogP contribution in [0.25, 0.3) is 0 Å². The predicted octanol–water partition coefficient (Wildman–Crippen LogP) is 13.8. The van der Waals surface area contributed by atoms with Gasteiger partial charge in [0, 0.05) is 34.1 Å². The first-order valence-electron chi connectivity index (χ1n) is 17.4. The minimum Gasteiger partial charge on any atom is -0.311 e. The smallest absolute Gasteiger partial charge is 0.0467 e. The van der Waals surface area contributed by atoms with Crippen molar-refractivity contribution in [3.63, 3.8) is 0 Å². The molecule has 0 N–H and O–H groups in total. The van der Waals surface area contributed by atoms with E-state index in [4.69, 9.17) is 0 Å². The van der Waals surface area contributed by atoms with E-state index in [0.29, 0.717) is 0 Å². The highest BCUT2D eigenvalue weighted by molar-refractivity contribution is 5.82. The molecule has 0 aliphatic rings. The molecule has 5 aromatic rings. The lowest BCUT2D eigenvalue weighted by Crippen LogP contribution is -2.21. The molecule has 0 amide bonds. The van der Waals surface area contributed by atoms with E-state index in [0.717, 1.165) is 22.7 Å². The standard InChI is InChI=1S/C46H56N2/c1-43(2,3)33-27-34(44(4,5)6)30-41(29-33)48(42-31-35(45(7,8)9)28-36(32-42)46(10,11)12)40-25-23-39(24-26-40)47(37-19-15-13-16-20-37)38-21-17-14-18-22-38/h13-32H,1-12H3. The van der Waals surface area contributed by atoms with Crippen molar-refractivity contribution in [3.8, 4) is 0 Å². The zero-order chi connectivity index (χ0) is 35.1. The number of hydrogen-bond acceptors (Lipinski definition) is 2. The van der Waals surface area contributed by atoms with Crippen molar-refractivity contribution in [1.82, 2.24) is 0 Å². The van der Waals surface area contributed by atoms with E-state index in [-0.39, 0.29) is 21.7 Å². The second-order valence-electron chi connectivity index (χ2n) is 17.4. The molecule has 5 rings (SSSR count). The van der Waals surface area contributed by atoms with E-state index in [2.05, 4.69) is 214 Å². The third-order valence-corrected chi connectivity index (χ3v) is 9.21. The monoisotopic (exact) mass is 636 g/mol. The lowest BCUT2D eigenvalue weighted by molar-refractivity contribution is 0.568. The van der Waals surface area contributed by atoms with Gasteiger partial charge in [0.15, 0.2) is 0 Å². The Balaban J connectivity index is 1.77. The van der Waals surface area contributed by atoms with Crippen LogP contribution in [0.5, 0.6) is 0 Å².